The van der Waals surface area contributed by atoms with Gasteiger partial charge in [-0.2, -0.15) is 0 Å². The highest BCUT2D eigenvalue weighted by Gasteiger charge is 2.25. The summed E-state index contributed by atoms with van der Waals surface area (Å²) in [7, 11) is 0. The average molecular weight is 497 g/mol. The zero-order chi connectivity index (χ0) is 24.5. The molecule has 0 unspecified atom stereocenters. The molecule has 0 atom stereocenters. The van der Waals surface area contributed by atoms with Crippen LogP contribution in [0.25, 0.3) is 16.6 Å². The molecule has 5 aromatic rings. The lowest BCUT2D eigenvalue weighted by molar-refractivity contribution is 0.0767. The van der Waals surface area contributed by atoms with Gasteiger partial charge in [-0.15, -0.1) is 10.2 Å². The number of hydrogen-bond donors (Lipinski definition) is 0. The number of para-hydroxylation sites is 1. The fourth-order valence-electron chi connectivity index (χ4n) is 4.85. The van der Waals surface area contributed by atoms with E-state index in [1.165, 1.54) is 5.56 Å². The summed E-state index contributed by atoms with van der Waals surface area (Å²) < 4.78 is 2.08. The van der Waals surface area contributed by atoms with E-state index in [2.05, 4.69) is 31.6 Å². The van der Waals surface area contributed by atoms with Crippen molar-refractivity contribution >= 4 is 40.0 Å². The van der Waals surface area contributed by atoms with E-state index < -0.39 is 0 Å². The van der Waals surface area contributed by atoms with Gasteiger partial charge in [0.15, 0.2) is 5.65 Å². The first kappa shape index (κ1) is 22.5. The third-order valence-corrected chi connectivity index (χ3v) is 7.00. The van der Waals surface area contributed by atoms with E-state index in [9.17, 15) is 4.79 Å². The van der Waals surface area contributed by atoms with Crippen molar-refractivity contribution in [2.24, 2.45) is 0 Å². The first-order valence-electron chi connectivity index (χ1n) is 12.1. The van der Waals surface area contributed by atoms with Crippen LogP contribution in [-0.4, -0.2) is 56.6 Å². The number of rotatable bonds is 4. The standard InChI is InChI=1S/C28H25ClN6O/c29-23-13-6-4-11-21(23)27(36)33-15-8-16-34(18-17-33)28-30-24-14-7-5-12-22(24)26-32-31-25(35(26)28)19-20-9-2-1-3-10-20/h1-7,9-14H,8,15-19H2. The third-order valence-electron chi connectivity index (χ3n) is 6.67. The summed E-state index contributed by atoms with van der Waals surface area (Å²) in [4.78, 5) is 22.4. The van der Waals surface area contributed by atoms with Crippen molar-refractivity contribution in [3.63, 3.8) is 0 Å². The van der Waals surface area contributed by atoms with Crippen molar-refractivity contribution in [1.82, 2.24) is 24.5 Å². The van der Waals surface area contributed by atoms with Crippen molar-refractivity contribution in [3.05, 3.63) is 101 Å². The van der Waals surface area contributed by atoms with Gasteiger partial charge in [-0.3, -0.25) is 4.79 Å². The lowest BCUT2D eigenvalue weighted by Gasteiger charge is -2.24. The molecule has 0 N–H and O–H groups in total. The number of fused-ring (bicyclic) bond motifs is 3. The SMILES string of the molecule is O=C(c1ccccc1Cl)N1CCCN(c2nc3ccccc3c3nnc(Cc4ccccc4)n23)CC1. The zero-order valence-electron chi connectivity index (χ0n) is 19.7. The van der Waals surface area contributed by atoms with E-state index in [1.807, 2.05) is 59.5 Å². The second-order valence-corrected chi connectivity index (χ2v) is 9.39. The van der Waals surface area contributed by atoms with Gasteiger partial charge in [-0.1, -0.05) is 66.2 Å². The summed E-state index contributed by atoms with van der Waals surface area (Å²) in [5.74, 6) is 1.62. The molecule has 1 aliphatic heterocycles. The Balaban J connectivity index is 1.37. The molecule has 6 rings (SSSR count). The molecule has 0 radical (unpaired) electrons. The number of carbonyl (C=O) groups is 1. The number of anilines is 1. The van der Waals surface area contributed by atoms with Gasteiger partial charge >= 0.3 is 0 Å². The van der Waals surface area contributed by atoms with Gasteiger partial charge in [-0.25, -0.2) is 9.38 Å². The van der Waals surface area contributed by atoms with Gasteiger partial charge in [0.05, 0.1) is 16.1 Å². The Labute approximate surface area is 214 Å². The highest BCUT2D eigenvalue weighted by Crippen LogP contribution is 2.26. The molecule has 180 valence electrons. The molecule has 1 fully saturated rings. The van der Waals surface area contributed by atoms with Crippen LogP contribution in [0, 0.1) is 0 Å². The fourth-order valence-corrected chi connectivity index (χ4v) is 5.07. The Morgan fingerprint density at radius 2 is 1.61 bits per heavy atom. The Morgan fingerprint density at radius 1 is 0.833 bits per heavy atom. The number of hydrogen-bond acceptors (Lipinski definition) is 5. The minimum Gasteiger partial charge on any atom is -0.340 e. The molecule has 2 aromatic heterocycles. The zero-order valence-corrected chi connectivity index (χ0v) is 20.5. The molecule has 36 heavy (non-hydrogen) atoms. The summed E-state index contributed by atoms with van der Waals surface area (Å²) in [6.07, 6.45) is 1.47. The lowest BCUT2D eigenvalue weighted by atomic mass is 10.1. The molecule has 7 nitrogen and oxygen atoms in total. The van der Waals surface area contributed by atoms with Gasteiger partial charge < -0.3 is 9.80 Å². The fraction of sp³-hybridized carbons (Fsp3) is 0.214. The van der Waals surface area contributed by atoms with Crippen molar-refractivity contribution < 1.29 is 4.79 Å². The lowest BCUT2D eigenvalue weighted by Crippen LogP contribution is -2.36. The molecule has 0 spiro atoms. The summed E-state index contributed by atoms with van der Waals surface area (Å²) in [5, 5.41) is 10.6. The Bertz CT molecular complexity index is 1550. The van der Waals surface area contributed by atoms with Crippen molar-refractivity contribution in [1.29, 1.82) is 0 Å². The molecule has 1 amide bonds. The van der Waals surface area contributed by atoms with E-state index in [0.717, 1.165) is 41.3 Å². The van der Waals surface area contributed by atoms with Crippen LogP contribution in [0.4, 0.5) is 5.95 Å². The predicted molar refractivity (Wildman–Crippen MR) is 142 cm³/mol. The van der Waals surface area contributed by atoms with Crippen LogP contribution in [-0.2, 0) is 6.42 Å². The maximum atomic E-state index is 13.2. The Kier molecular flexibility index (Phi) is 5.99. The smallest absolute Gasteiger partial charge is 0.255 e. The average Bonchev–Trinajstić information content (AvgIpc) is 3.17. The maximum Gasteiger partial charge on any atom is 0.255 e. The van der Waals surface area contributed by atoms with Crippen molar-refractivity contribution in [2.45, 2.75) is 12.8 Å². The number of amides is 1. The van der Waals surface area contributed by atoms with E-state index >= 15 is 0 Å². The molecule has 0 saturated carbocycles. The third kappa shape index (κ3) is 4.16. The van der Waals surface area contributed by atoms with E-state index in [1.54, 1.807) is 12.1 Å². The summed E-state index contributed by atoms with van der Waals surface area (Å²) in [5.41, 5.74) is 3.39. The summed E-state index contributed by atoms with van der Waals surface area (Å²) in [6, 6.07) is 25.5. The first-order valence-corrected chi connectivity index (χ1v) is 12.5. The normalized spacial score (nSPS) is 14.4. The molecule has 1 saturated heterocycles. The van der Waals surface area contributed by atoms with Crippen LogP contribution in [0.2, 0.25) is 5.02 Å². The second kappa shape index (κ2) is 9.59. The molecule has 8 heteroatoms. The van der Waals surface area contributed by atoms with E-state index in [4.69, 9.17) is 16.6 Å². The van der Waals surface area contributed by atoms with Crippen LogP contribution >= 0.6 is 11.6 Å². The molecule has 1 aliphatic rings. The largest absolute Gasteiger partial charge is 0.340 e. The number of halogens is 1. The van der Waals surface area contributed by atoms with Crippen molar-refractivity contribution in [2.75, 3.05) is 31.1 Å². The molecular formula is C28H25ClN6O. The summed E-state index contributed by atoms with van der Waals surface area (Å²) in [6.45, 7) is 2.67. The highest BCUT2D eigenvalue weighted by atomic mass is 35.5. The van der Waals surface area contributed by atoms with Crippen LogP contribution in [0.1, 0.15) is 28.2 Å². The topological polar surface area (TPSA) is 66.6 Å². The van der Waals surface area contributed by atoms with E-state index in [-0.39, 0.29) is 5.91 Å². The number of benzene rings is 3. The second-order valence-electron chi connectivity index (χ2n) is 8.98. The monoisotopic (exact) mass is 496 g/mol. The van der Waals surface area contributed by atoms with Gasteiger partial charge in [0, 0.05) is 38.0 Å². The molecule has 0 aliphatic carbocycles. The number of nitrogens with zero attached hydrogens (tertiary/aromatic N) is 6. The van der Waals surface area contributed by atoms with Crippen LogP contribution in [0.15, 0.2) is 78.9 Å². The predicted octanol–water partition coefficient (Wildman–Crippen LogP) is 4.87. The van der Waals surface area contributed by atoms with Gasteiger partial charge in [0.2, 0.25) is 5.95 Å². The molecule has 3 heterocycles. The molecule has 3 aromatic carbocycles. The number of carbonyl (C=O) groups excluding carboxylic acids is 1. The van der Waals surface area contributed by atoms with Gasteiger partial charge in [0.1, 0.15) is 5.82 Å². The van der Waals surface area contributed by atoms with Gasteiger partial charge in [-0.05, 0) is 36.2 Å². The first-order chi connectivity index (χ1) is 17.7. The van der Waals surface area contributed by atoms with Gasteiger partial charge in [0.25, 0.3) is 5.91 Å². The number of aromatic nitrogens is 4. The highest BCUT2D eigenvalue weighted by molar-refractivity contribution is 6.33. The Hall–Kier alpha value is -3.97. The van der Waals surface area contributed by atoms with Crippen molar-refractivity contribution in [3.8, 4) is 0 Å². The minimum atomic E-state index is -0.0341. The molecule has 0 bridgehead atoms. The Morgan fingerprint density at radius 3 is 2.47 bits per heavy atom. The quantitative estimate of drug-likeness (QED) is 0.355. The molecular weight excluding hydrogens is 472 g/mol. The maximum absolute atomic E-state index is 13.2. The van der Waals surface area contributed by atoms with Crippen LogP contribution < -0.4 is 4.90 Å². The van der Waals surface area contributed by atoms with Crippen LogP contribution in [0.5, 0.6) is 0 Å². The minimum absolute atomic E-state index is 0.0341. The van der Waals surface area contributed by atoms with Crippen LogP contribution in [0.3, 0.4) is 0 Å². The summed E-state index contributed by atoms with van der Waals surface area (Å²) >= 11 is 6.31. The van der Waals surface area contributed by atoms with E-state index in [0.29, 0.717) is 36.6 Å².